The molecule has 1 amide bonds. The Labute approximate surface area is 120 Å². The number of rotatable bonds is 3. The van der Waals surface area contributed by atoms with E-state index in [1.54, 1.807) is 19.9 Å². The summed E-state index contributed by atoms with van der Waals surface area (Å²) in [5.41, 5.74) is 0.767. The molecule has 0 aliphatic heterocycles. The van der Waals surface area contributed by atoms with Crippen LogP contribution in [0.3, 0.4) is 0 Å². The zero-order valence-corrected chi connectivity index (χ0v) is 12.5. The van der Waals surface area contributed by atoms with Gasteiger partial charge in [0.05, 0.1) is 16.4 Å². The average Bonchev–Trinajstić information content (AvgIpc) is 2.68. The number of thiazole rings is 1. The van der Waals surface area contributed by atoms with E-state index in [2.05, 4.69) is 10.3 Å². The van der Waals surface area contributed by atoms with E-state index in [1.165, 1.54) is 29.5 Å². The van der Waals surface area contributed by atoms with Crippen molar-refractivity contribution in [1.29, 1.82) is 0 Å². The van der Waals surface area contributed by atoms with Gasteiger partial charge in [-0.15, -0.1) is 11.3 Å². The summed E-state index contributed by atoms with van der Waals surface area (Å²) in [6, 6.07) is 5.99. The Kier molecular flexibility index (Phi) is 3.89. The number of nitrogens with two attached hydrogens (primary N) is 1. The fourth-order valence-electron chi connectivity index (χ4n) is 1.74. The SMILES string of the molecule is Cc1nc(C)c(C(=O)Nc2ccccc2S(N)(=O)=O)s1. The molecule has 0 radical (unpaired) electrons. The molecule has 1 heterocycles. The second-order valence-electron chi connectivity index (χ2n) is 4.14. The fourth-order valence-corrected chi connectivity index (χ4v) is 3.25. The first-order valence-corrected chi connectivity index (χ1v) is 8.02. The molecule has 20 heavy (non-hydrogen) atoms. The minimum absolute atomic E-state index is 0.118. The molecule has 0 atom stereocenters. The highest BCUT2D eigenvalue weighted by molar-refractivity contribution is 7.89. The molecule has 0 aliphatic carbocycles. The van der Waals surface area contributed by atoms with Gasteiger partial charge in [-0.25, -0.2) is 18.5 Å². The number of benzene rings is 1. The van der Waals surface area contributed by atoms with Gasteiger partial charge in [-0.1, -0.05) is 12.1 Å². The highest BCUT2D eigenvalue weighted by atomic mass is 32.2. The van der Waals surface area contributed by atoms with Crippen LogP contribution in [-0.2, 0) is 10.0 Å². The van der Waals surface area contributed by atoms with Crippen LogP contribution in [-0.4, -0.2) is 19.3 Å². The first kappa shape index (κ1) is 14.6. The monoisotopic (exact) mass is 311 g/mol. The van der Waals surface area contributed by atoms with Crippen LogP contribution in [0.1, 0.15) is 20.4 Å². The first-order valence-electron chi connectivity index (χ1n) is 5.66. The number of carbonyl (C=O) groups is 1. The zero-order chi connectivity index (χ0) is 14.9. The summed E-state index contributed by atoms with van der Waals surface area (Å²) in [4.78, 5) is 16.6. The van der Waals surface area contributed by atoms with Gasteiger partial charge >= 0.3 is 0 Å². The van der Waals surface area contributed by atoms with Gasteiger partial charge < -0.3 is 5.32 Å². The van der Waals surface area contributed by atoms with Crippen LogP contribution in [0, 0.1) is 13.8 Å². The summed E-state index contributed by atoms with van der Waals surface area (Å²) in [7, 11) is -3.89. The van der Waals surface area contributed by atoms with Crippen molar-refractivity contribution in [2.24, 2.45) is 5.14 Å². The van der Waals surface area contributed by atoms with Crippen LogP contribution >= 0.6 is 11.3 Å². The number of nitrogens with one attached hydrogen (secondary N) is 1. The van der Waals surface area contributed by atoms with E-state index < -0.39 is 15.9 Å². The van der Waals surface area contributed by atoms with Gasteiger partial charge in [0.1, 0.15) is 9.77 Å². The van der Waals surface area contributed by atoms with E-state index in [-0.39, 0.29) is 10.6 Å². The molecule has 106 valence electrons. The number of hydrogen-bond donors (Lipinski definition) is 2. The van der Waals surface area contributed by atoms with Crippen molar-refractivity contribution < 1.29 is 13.2 Å². The third-order valence-corrected chi connectivity index (χ3v) is 4.59. The molecule has 0 saturated heterocycles. The smallest absolute Gasteiger partial charge is 0.267 e. The van der Waals surface area contributed by atoms with E-state index in [9.17, 15) is 13.2 Å². The summed E-state index contributed by atoms with van der Waals surface area (Å²) >= 11 is 1.25. The van der Waals surface area contributed by atoms with Crippen LogP contribution in [0.5, 0.6) is 0 Å². The number of sulfonamides is 1. The Balaban J connectivity index is 2.36. The van der Waals surface area contributed by atoms with E-state index in [1.807, 2.05) is 0 Å². The molecule has 2 aromatic rings. The van der Waals surface area contributed by atoms with Crippen molar-refractivity contribution in [3.05, 3.63) is 39.8 Å². The molecule has 8 heteroatoms. The number of amides is 1. The predicted molar refractivity (Wildman–Crippen MR) is 77.4 cm³/mol. The van der Waals surface area contributed by atoms with Crippen molar-refractivity contribution in [3.8, 4) is 0 Å². The molecule has 0 bridgehead atoms. The second-order valence-corrected chi connectivity index (χ2v) is 6.88. The van der Waals surface area contributed by atoms with Crippen molar-refractivity contribution in [2.75, 3.05) is 5.32 Å². The van der Waals surface area contributed by atoms with E-state index in [4.69, 9.17) is 5.14 Å². The van der Waals surface area contributed by atoms with E-state index >= 15 is 0 Å². The summed E-state index contributed by atoms with van der Waals surface area (Å²) < 4.78 is 22.9. The maximum Gasteiger partial charge on any atom is 0.267 e. The van der Waals surface area contributed by atoms with Crippen molar-refractivity contribution in [3.63, 3.8) is 0 Å². The third kappa shape index (κ3) is 3.03. The van der Waals surface area contributed by atoms with Crippen LogP contribution in [0.4, 0.5) is 5.69 Å². The molecule has 2 rings (SSSR count). The normalized spacial score (nSPS) is 11.3. The maximum absolute atomic E-state index is 12.2. The molecule has 6 nitrogen and oxygen atoms in total. The van der Waals surface area contributed by atoms with Gasteiger partial charge in [0.15, 0.2) is 0 Å². The van der Waals surface area contributed by atoms with E-state index in [0.29, 0.717) is 10.6 Å². The summed E-state index contributed by atoms with van der Waals surface area (Å²) in [6.45, 7) is 3.52. The number of primary sulfonamides is 1. The summed E-state index contributed by atoms with van der Waals surface area (Å²) in [5, 5.41) is 8.45. The van der Waals surface area contributed by atoms with Gasteiger partial charge in [0, 0.05) is 0 Å². The van der Waals surface area contributed by atoms with Crippen LogP contribution < -0.4 is 10.5 Å². The molecule has 0 spiro atoms. The summed E-state index contributed by atoms with van der Waals surface area (Å²) in [6.07, 6.45) is 0. The average molecular weight is 311 g/mol. The molecule has 0 aliphatic rings. The highest BCUT2D eigenvalue weighted by Crippen LogP contribution is 2.23. The number of hydrogen-bond acceptors (Lipinski definition) is 5. The lowest BCUT2D eigenvalue weighted by molar-refractivity contribution is 0.102. The van der Waals surface area contributed by atoms with Crippen molar-refractivity contribution in [1.82, 2.24) is 4.98 Å². The molecule has 1 aromatic heterocycles. The Morgan fingerprint density at radius 3 is 2.50 bits per heavy atom. The van der Waals surface area contributed by atoms with Crippen molar-refractivity contribution in [2.45, 2.75) is 18.7 Å². The minimum Gasteiger partial charge on any atom is -0.320 e. The number of aryl methyl sites for hydroxylation is 2. The predicted octanol–water partition coefficient (Wildman–Crippen LogP) is 1.66. The molecule has 1 aromatic carbocycles. The standard InChI is InChI=1S/C12H13N3O3S2/c1-7-11(19-8(2)14-7)12(16)15-9-5-3-4-6-10(9)20(13,17)18/h3-6H,1-2H3,(H,15,16)(H2,13,17,18). The minimum atomic E-state index is -3.89. The molecule has 0 fully saturated rings. The number of para-hydroxylation sites is 1. The Hall–Kier alpha value is -1.77. The lowest BCUT2D eigenvalue weighted by Crippen LogP contribution is -2.18. The van der Waals surface area contributed by atoms with Gasteiger partial charge in [0.2, 0.25) is 10.0 Å². The van der Waals surface area contributed by atoms with E-state index in [0.717, 1.165) is 5.01 Å². The van der Waals surface area contributed by atoms with Crippen LogP contribution in [0.2, 0.25) is 0 Å². The molecular formula is C12H13N3O3S2. The number of anilines is 1. The number of nitrogens with zero attached hydrogens (tertiary/aromatic N) is 1. The quantitative estimate of drug-likeness (QED) is 0.899. The molecule has 0 unspecified atom stereocenters. The second kappa shape index (κ2) is 5.31. The molecule has 3 N–H and O–H groups in total. The highest BCUT2D eigenvalue weighted by Gasteiger charge is 2.18. The number of aromatic nitrogens is 1. The molecular weight excluding hydrogens is 298 g/mol. The van der Waals surface area contributed by atoms with Gasteiger partial charge in [-0.2, -0.15) is 0 Å². The molecule has 0 saturated carbocycles. The van der Waals surface area contributed by atoms with Crippen LogP contribution in [0.25, 0.3) is 0 Å². The van der Waals surface area contributed by atoms with Gasteiger partial charge in [0.25, 0.3) is 5.91 Å². The zero-order valence-electron chi connectivity index (χ0n) is 10.9. The lowest BCUT2D eigenvalue weighted by atomic mass is 10.3. The first-order chi connectivity index (χ1) is 9.29. The topological polar surface area (TPSA) is 102 Å². The lowest BCUT2D eigenvalue weighted by Gasteiger charge is -2.08. The third-order valence-electron chi connectivity index (χ3n) is 2.55. The maximum atomic E-state index is 12.2. The fraction of sp³-hybridized carbons (Fsp3) is 0.167. The Morgan fingerprint density at radius 1 is 1.30 bits per heavy atom. The Morgan fingerprint density at radius 2 is 1.95 bits per heavy atom. The van der Waals surface area contributed by atoms with Gasteiger partial charge in [-0.05, 0) is 26.0 Å². The largest absolute Gasteiger partial charge is 0.320 e. The van der Waals surface area contributed by atoms with Crippen LogP contribution in [0.15, 0.2) is 29.2 Å². The Bertz CT molecular complexity index is 766. The van der Waals surface area contributed by atoms with Gasteiger partial charge in [-0.3, -0.25) is 4.79 Å². The van der Waals surface area contributed by atoms with Crippen molar-refractivity contribution >= 4 is 33.0 Å². The number of carbonyl (C=O) groups excluding carboxylic acids is 1. The summed E-state index contributed by atoms with van der Waals surface area (Å²) in [5.74, 6) is -0.399.